The Balaban J connectivity index is 1.69. The molecule has 1 fully saturated rings. The fourth-order valence-corrected chi connectivity index (χ4v) is 3.19. The van der Waals surface area contributed by atoms with Crippen molar-refractivity contribution in [1.82, 2.24) is 9.97 Å². The van der Waals surface area contributed by atoms with Crippen LogP contribution >= 0.6 is 11.6 Å². The number of halogens is 1. The number of carbonyl (C=O) groups is 1. The monoisotopic (exact) mass is 344 g/mol. The van der Waals surface area contributed by atoms with E-state index in [9.17, 15) is 4.79 Å². The van der Waals surface area contributed by atoms with E-state index < -0.39 is 0 Å². The lowest BCUT2D eigenvalue weighted by Crippen LogP contribution is -2.41. The molecule has 2 aromatic rings. The van der Waals surface area contributed by atoms with Gasteiger partial charge in [-0.15, -0.1) is 0 Å². The van der Waals surface area contributed by atoms with E-state index in [0.717, 1.165) is 36.3 Å². The molecule has 1 atom stereocenters. The largest absolute Gasteiger partial charge is 0.340 e. The van der Waals surface area contributed by atoms with Gasteiger partial charge < -0.3 is 10.2 Å². The lowest BCUT2D eigenvalue weighted by molar-refractivity contribution is -0.120. The van der Waals surface area contributed by atoms with Crippen LogP contribution in [0, 0.1) is 19.8 Å². The van der Waals surface area contributed by atoms with Crippen LogP contribution in [0.25, 0.3) is 0 Å². The van der Waals surface area contributed by atoms with Gasteiger partial charge in [-0.3, -0.25) is 4.79 Å². The van der Waals surface area contributed by atoms with Gasteiger partial charge in [-0.2, -0.15) is 0 Å². The maximum atomic E-state index is 12.6. The molecular weight excluding hydrogens is 324 g/mol. The third kappa shape index (κ3) is 3.85. The molecule has 0 saturated carbocycles. The van der Waals surface area contributed by atoms with Gasteiger partial charge in [0.15, 0.2) is 0 Å². The Kier molecular flexibility index (Phi) is 5.00. The van der Waals surface area contributed by atoms with Gasteiger partial charge in [0.2, 0.25) is 11.9 Å². The molecule has 0 bridgehead atoms. The number of anilines is 2. The molecular formula is C18H21ClN4O. The topological polar surface area (TPSA) is 58.1 Å². The van der Waals surface area contributed by atoms with E-state index in [2.05, 4.69) is 20.2 Å². The van der Waals surface area contributed by atoms with Crippen LogP contribution in [0.3, 0.4) is 0 Å². The fraction of sp³-hybridized carbons (Fsp3) is 0.389. The highest BCUT2D eigenvalue weighted by Gasteiger charge is 2.27. The number of nitrogens with zero attached hydrogens (tertiary/aromatic N) is 3. The van der Waals surface area contributed by atoms with Crippen LogP contribution in [0.4, 0.5) is 11.6 Å². The molecule has 126 valence electrons. The second-order valence-electron chi connectivity index (χ2n) is 6.23. The van der Waals surface area contributed by atoms with E-state index in [1.807, 2.05) is 32.0 Å². The lowest BCUT2D eigenvalue weighted by Gasteiger charge is -2.32. The van der Waals surface area contributed by atoms with Crippen molar-refractivity contribution in [1.29, 1.82) is 0 Å². The standard InChI is InChI=1S/C18H21ClN4O/c1-12-10-15(19)5-6-16(12)22-17(24)14-4-3-9-23(11-14)18-20-8-7-13(2)21-18/h5-8,10,14H,3-4,9,11H2,1-2H3,(H,22,24)/t14-/m1/s1. The summed E-state index contributed by atoms with van der Waals surface area (Å²) in [6, 6.07) is 7.36. The summed E-state index contributed by atoms with van der Waals surface area (Å²) < 4.78 is 0. The summed E-state index contributed by atoms with van der Waals surface area (Å²) in [5.74, 6) is 0.672. The number of nitrogens with one attached hydrogen (secondary N) is 1. The molecule has 2 heterocycles. The molecule has 3 rings (SSSR count). The minimum absolute atomic E-state index is 0.0396. The highest BCUT2D eigenvalue weighted by atomic mass is 35.5. The van der Waals surface area contributed by atoms with Gasteiger partial charge in [-0.1, -0.05) is 11.6 Å². The molecule has 0 spiro atoms. The molecule has 1 N–H and O–H groups in total. The fourth-order valence-electron chi connectivity index (χ4n) is 2.96. The summed E-state index contributed by atoms with van der Waals surface area (Å²) in [5, 5.41) is 3.70. The van der Waals surface area contributed by atoms with Crippen molar-refractivity contribution in [3.05, 3.63) is 46.7 Å². The zero-order valence-corrected chi connectivity index (χ0v) is 14.7. The Morgan fingerprint density at radius 3 is 2.92 bits per heavy atom. The summed E-state index contributed by atoms with van der Waals surface area (Å²) in [4.78, 5) is 23.5. The minimum Gasteiger partial charge on any atom is -0.340 e. The van der Waals surface area contributed by atoms with Gasteiger partial charge in [-0.05, 0) is 56.5 Å². The number of aromatic nitrogens is 2. The van der Waals surface area contributed by atoms with Crippen LogP contribution in [-0.4, -0.2) is 29.0 Å². The number of benzene rings is 1. The van der Waals surface area contributed by atoms with E-state index in [1.165, 1.54) is 0 Å². The molecule has 1 amide bonds. The number of hydrogen-bond donors (Lipinski definition) is 1. The number of piperidine rings is 1. The Hall–Kier alpha value is -2.14. The van der Waals surface area contributed by atoms with Crippen molar-refractivity contribution in [3.8, 4) is 0 Å². The number of aryl methyl sites for hydroxylation is 2. The molecule has 0 unspecified atom stereocenters. The summed E-state index contributed by atoms with van der Waals surface area (Å²) >= 11 is 5.97. The third-order valence-electron chi connectivity index (χ3n) is 4.30. The predicted octanol–water partition coefficient (Wildman–Crippen LogP) is 3.60. The van der Waals surface area contributed by atoms with Crippen LogP contribution in [0.5, 0.6) is 0 Å². The van der Waals surface area contributed by atoms with Crippen molar-refractivity contribution in [2.45, 2.75) is 26.7 Å². The minimum atomic E-state index is -0.0714. The maximum Gasteiger partial charge on any atom is 0.229 e. The van der Waals surface area contributed by atoms with Gasteiger partial charge in [0, 0.05) is 35.7 Å². The first-order chi connectivity index (χ1) is 11.5. The van der Waals surface area contributed by atoms with Gasteiger partial charge in [0.05, 0.1) is 5.92 Å². The van der Waals surface area contributed by atoms with E-state index in [4.69, 9.17) is 11.6 Å². The smallest absolute Gasteiger partial charge is 0.229 e. The Bertz CT molecular complexity index is 750. The second-order valence-corrected chi connectivity index (χ2v) is 6.67. The quantitative estimate of drug-likeness (QED) is 0.924. The van der Waals surface area contributed by atoms with Crippen molar-refractivity contribution in [2.24, 2.45) is 5.92 Å². The second kappa shape index (κ2) is 7.18. The van der Waals surface area contributed by atoms with E-state index in [-0.39, 0.29) is 11.8 Å². The first kappa shape index (κ1) is 16.7. The first-order valence-corrected chi connectivity index (χ1v) is 8.52. The van der Waals surface area contributed by atoms with Crippen molar-refractivity contribution < 1.29 is 4.79 Å². The number of rotatable bonds is 3. The molecule has 1 aromatic carbocycles. The average molecular weight is 345 g/mol. The van der Waals surface area contributed by atoms with Crippen LogP contribution in [-0.2, 0) is 4.79 Å². The maximum absolute atomic E-state index is 12.6. The zero-order chi connectivity index (χ0) is 17.1. The number of hydrogen-bond acceptors (Lipinski definition) is 4. The summed E-state index contributed by atoms with van der Waals surface area (Å²) in [6.45, 7) is 5.41. The highest BCUT2D eigenvalue weighted by molar-refractivity contribution is 6.30. The highest BCUT2D eigenvalue weighted by Crippen LogP contribution is 2.24. The zero-order valence-electron chi connectivity index (χ0n) is 13.9. The van der Waals surface area contributed by atoms with E-state index in [0.29, 0.717) is 17.5 Å². The van der Waals surface area contributed by atoms with Crippen LogP contribution in [0.15, 0.2) is 30.5 Å². The third-order valence-corrected chi connectivity index (χ3v) is 4.54. The molecule has 5 nitrogen and oxygen atoms in total. The molecule has 6 heteroatoms. The normalized spacial score (nSPS) is 17.6. The van der Waals surface area contributed by atoms with Crippen LogP contribution in [0.2, 0.25) is 5.02 Å². The van der Waals surface area contributed by atoms with Crippen LogP contribution in [0.1, 0.15) is 24.1 Å². The van der Waals surface area contributed by atoms with Gasteiger partial charge in [0.25, 0.3) is 0 Å². The molecule has 0 aliphatic carbocycles. The van der Waals surface area contributed by atoms with Crippen molar-refractivity contribution in [2.75, 3.05) is 23.3 Å². The Morgan fingerprint density at radius 2 is 2.17 bits per heavy atom. The Morgan fingerprint density at radius 1 is 1.33 bits per heavy atom. The molecule has 0 radical (unpaired) electrons. The molecule has 1 aliphatic rings. The van der Waals surface area contributed by atoms with Gasteiger partial charge in [0.1, 0.15) is 0 Å². The number of amides is 1. The van der Waals surface area contributed by atoms with Gasteiger partial charge >= 0.3 is 0 Å². The lowest BCUT2D eigenvalue weighted by atomic mass is 9.97. The average Bonchev–Trinajstić information content (AvgIpc) is 2.57. The number of carbonyl (C=O) groups excluding carboxylic acids is 1. The molecule has 1 aliphatic heterocycles. The summed E-state index contributed by atoms with van der Waals surface area (Å²) in [5.41, 5.74) is 2.71. The van der Waals surface area contributed by atoms with E-state index in [1.54, 1.807) is 12.3 Å². The van der Waals surface area contributed by atoms with Gasteiger partial charge in [-0.25, -0.2) is 9.97 Å². The Labute approximate surface area is 147 Å². The predicted molar refractivity (Wildman–Crippen MR) is 96.5 cm³/mol. The molecule has 1 aromatic heterocycles. The SMILES string of the molecule is Cc1ccnc(N2CCC[C@@H](C(=O)Nc3ccc(Cl)cc3C)C2)n1. The molecule has 24 heavy (non-hydrogen) atoms. The first-order valence-electron chi connectivity index (χ1n) is 8.14. The molecule has 1 saturated heterocycles. The summed E-state index contributed by atoms with van der Waals surface area (Å²) in [6.07, 6.45) is 3.59. The van der Waals surface area contributed by atoms with Crippen LogP contribution < -0.4 is 10.2 Å². The van der Waals surface area contributed by atoms with Crippen molar-refractivity contribution in [3.63, 3.8) is 0 Å². The summed E-state index contributed by atoms with van der Waals surface area (Å²) in [7, 11) is 0. The van der Waals surface area contributed by atoms with Crippen molar-refractivity contribution >= 4 is 29.1 Å². The van der Waals surface area contributed by atoms with E-state index >= 15 is 0 Å².